The van der Waals surface area contributed by atoms with Gasteiger partial charge in [0.05, 0.1) is 18.8 Å². The predicted octanol–water partition coefficient (Wildman–Crippen LogP) is 2.35. The Morgan fingerprint density at radius 2 is 1.77 bits per heavy atom. The predicted molar refractivity (Wildman–Crippen MR) is 83.5 cm³/mol. The molecule has 1 aliphatic heterocycles. The van der Waals surface area contributed by atoms with E-state index in [0.717, 1.165) is 5.69 Å². The van der Waals surface area contributed by atoms with Crippen molar-refractivity contribution in [1.82, 2.24) is 14.9 Å². The molecule has 0 atom stereocenters. The molecule has 1 fully saturated rings. The monoisotopic (exact) mass is 318 g/mol. The Balaban J connectivity index is 1.66. The third-order valence-corrected chi connectivity index (χ3v) is 3.55. The Morgan fingerprint density at radius 3 is 2.41 bits per heavy atom. The lowest BCUT2D eigenvalue weighted by Crippen LogP contribution is -2.40. The van der Waals surface area contributed by atoms with E-state index in [1.165, 1.54) is 12.4 Å². The Labute approximate surface area is 133 Å². The average molecular weight is 319 g/mol. The molecule has 1 N–H and O–H groups in total. The summed E-state index contributed by atoms with van der Waals surface area (Å²) in [4.78, 5) is 22.4. The van der Waals surface area contributed by atoms with Crippen LogP contribution in [0.2, 0.25) is 5.02 Å². The maximum Gasteiger partial charge on any atom is 0.257 e. The minimum absolute atomic E-state index is 0.0682. The number of rotatable bonds is 3. The normalized spacial score (nSPS) is 14.7. The van der Waals surface area contributed by atoms with E-state index in [-0.39, 0.29) is 5.91 Å². The summed E-state index contributed by atoms with van der Waals surface area (Å²) in [5, 5.41) is 3.72. The molecule has 2 aromatic rings. The highest BCUT2D eigenvalue weighted by Gasteiger charge is 2.19. The molecule has 7 heteroatoms. The molecule has 0 unspecified atom stereocenters. The largest absolute Gasteiger partial charge is 0.378 e. The van der Waals surface area contributed by atoms with Crippen molar-refractivity contribution in [3.05, 3.63) is 47.2 Å². The van der Waals surface area contributed by atoms with Crippen LogP contribution >= 0.6 is 11.6 Å². The summed E-state index contributed by atoms with van der Waals surface area (Å²) in [5.41, 5.74) is 1.31. The molecule has 0 aliphatic carbocycles. The summed E-state index contributed by atoms with van der Waals surface area (Å²) >= 11 is 5.83. The summed E-state index contributed by atoms with van der Waals surface area (Å²) in [7, 11) is 0. The molecule has 0 spiro atoms. The van der Waals surface area contributed by atoms with E-state index in [4.69, 9.17) is 16.3 Å². The van der Waals surface area contributed by atoms with Gasteiger partial charge in [0.2, 0.25) is 5.95 Å². The number of aromatic nitrogens is 2. The molecule has 22 heavy (non-hydrogen) atoms. The molecule has 3 rings (SSSR count). The fourth-order valence-electron chi connectivity index (χ4n) is 2.11. The van der Waals surface area contributed by atoms with Crippen LogP contribution < -0.4 is 5.32 Å². The van der Waals surface area contributed by atoms with E-state index in [1.54, 1.807) is 17.0 Å². The standard InChI is InChI=1S/C15H15ClN4O2/c16-12-1-3-13(4-2-12)19-15-17-9-11(10-18-15)14(21)20-5-7-22-8-6-20/h1-4,9-10H,5-8H2,(H,17,18,19). The zero-order chi connectivity index (χ0) is 15.4. The molecule has 1 saturated heterocycles. The Hall–Kier alpha value is -2.18. The lowest BCUT2D eigenvalue weighted by molar-refractivity contribution is 0.0302. The molecular weight excluding hydrogens is 304 g/mol. The molecule has 6 nitrogen and oxygen atoms in total. The molecule has 1 aromatic heterocycles. The number of ether oxygens (including phenoxy) is 1. The number of nitrogens with zero attached hydrogens (tertiary/aromatic N) is 3. The lowest BCUT2D eigenvalue weighted by atomic mass is 10.3. The van der Waals surface area contributed by atoms with Gasteiger partial charge in [-0.25, -0.2) is 9.97 Å². The van der Waals surface area contributed by atoms with E-state index in [0.29, 0.717) is 42.8 Å². The van der Waals surface area contributed by atoms with Crippen molar-refractivity contribution in [2.75, 3.05) is 31.6 Å². The molecular formula is C15H15ClN4O2. The molecule has 1 aromatic carbocycles. The van der Waals surface area contributed by atoms with Gasteiger partial charge < -0.3 is 15.0 Å². The molecule has 114 valence electrons. The smallest absolute Gasteiger partial charge is 0.257 e. The minimum Gasteiger partial charge on any atom is -0.378 e. The van der Waals surface area contributed by atoms with Gasteiger partial charge in [-0.3, -0.25) is 4.79 Å². The van der Waals surface area contributed by atoms with Crippen molar-refractivity contribution < 1.29 is 9.53 Å². The van der Waals surface area contributed by atoms with E-state index in [2.05, 4.69) is 15.3 Å². The van der Waals surface area contributed by atoms with Gasteiger partial charge in [0.15, 0.2) is 0 Å². The third-order valence-electron chi connectivity index (χ3n) is 3.30. The first kappa shape index (κ1) is 14.7. The maximum atomic E-state index is 12.3. The Kier molecular flexibility index (Phi) is 4.50. The summed E-state index contributed by atoms with van der Waals surface area (Å²) in [6.45, 7) is 2.35. The first-order chi connectivity index (χ1) is 10.7. The van der Waals surface area contributed by atoms with Crippen molar-refractivity contribution in [1.29, 1.82) is 0 Å². The number of morpholine rings is 1. The van der Waals surface area contributed by atoms with Crippen LogP contribution in [-0.4, -0.2) is 47.1 Å². The fraction of sp³-hybridized carbons (Fsp3) is 0.267. The van der Waals surface area contributed by atoms with Crippen molar-refractivity contribution in [2.45, 2.75) is 0 Å². The molecule has 0 radical (unpaired) electrons. The minimum atomic E-state index is -0.0682. The molecule has 0 saturated carbocycles. The summed E-state index contributed by atoms with van der Waals surface area (Å²) in [6, 6.07) is 7.22. The van der Waals surface area contributed by atoms with Crippen LogP contribution in [0.1, 0.15) is 10.4 Å². The van der Waals surface area contributed by atoms with Crippen LogP contribution in [0, 0.1) is 0 Å². The van der Waals surface area contributed by atoms with E-state index in [9.17, 15) is 4.79 Å². The van der Waals surface area contributed by atoms with Crippen molar-refractivity contribution in [3.8, 4) is 0 Å². The highest BCUT2D eigenvalue weighted by molar-refractivity contribution is 6.30. The van der Waals surface area contributed by atoms with Crippen LogP contribution in [-0.2, 0) is 4.74 Å². The van der Waals surface area contributed by atoms with Crippen LogP contribution in [0.4, 0.5) is 11.6 Å². The molecule has 0 bridgehead atoms. The zero-order valence-corrected chi connectivity index (χ0v) is 12.6. The summed E-state index contributed by atoms with van der Waals surface area (Å²) in [6.07, 6.45) is 3.06. The number of hydrogen-bond acceptors (Lipinski definition) is 5. The van der Waals surface area contributed by atoms with Gasteiger partial charge in [0, 0.05) is 36.2 Å². The van der Waals surface area contributed by atoms with Crippen LogP contribution in [0.15, 0.2) is 36.7 Å². The molecule has 1 aliphatic rings. The Morgan fingerprint density at radius 1 is 1.14 bits per heavy atom. The van der Waals surface area contributed by atoms with Gasteiger partial charge in [0.25, 0.3) is 5.91 Å². The van der Waals surface area contributed by atoms with E-state index >= 15 is 0 Å². The number of halogens is 1. The highest BCUT2D eigenvalue weighted by atomic mass is 35.5. The number of hydrogen-bond donors (Lipinski definition) is 1. The highest BCUT2D eigenvalue weighted by Crippen LogP contribution is 2.16. The van der Waals surface area contributed by atoms with Gasteiger partial charge in [-0.15, -0.1) is 0 Å². The van der Waals surface area contributed by atoms with E-state index in [1.807, 2.05) is 12.1 Å². The second-order valence-corrected chi connectivity index (χ2v) is 5.27. The number of benzene rings is 1. The van der Waals surface area contributed by atoms with Gasteiger partial charge >= 0.3 is 0 Å². The molecule has 1 amide bonds. The SMILES string of the molecule is O=C(c1cnc(Nc2ccc(Cl)cc2)nc1)N1CCOCC1. The average Bonchev–Trinajstić information content (AvgIpc) is 2.58. The van der Waals surface area contributed by atoms with Gasteiger partial charge in [-0.05, 0) is 24.3 Å². The van der Waals surface area contributed by atoms with Crippen LogP contribution in [0.25, 0.3) is 0 Å². The summed E-state index contributed by atoms with van der Waals surface area (Å²) < 4.78 is 5.24. The van der Waals surface area contributed by atoms with Crippen molar-refractivity contribution >= 4 is 29.1 Å². The number of nitrogens with one attached hydrogen (secondary N) is 1. The van der Waals surface area contributed by atoms with Crippen molar-refractivity contribution in [2.24, 2.45) is 0 Å². The second kappa shape index (κ2) is 6.72. The van der Waals surface area contributed by atoms with Gasteiger partial charge in [0.1, 0.15) is 0 Å². The number of amides is 1. The second-order valence-electron chi connectivity index (χ2n) is 4.83. The van der Waals surface area contributed by atoms with Crippen LogP contribution in [0.5, 0.6) is 0 Å². The zero-order valence-electron chi connectivity index (χ0n) is 11.8. The van der Waals surface area contributed by atoms with Gasteiger partial charge in [-0.1, -0.05) is 11.6 Å². The van der Waals surface area contributed by atoms with Crippen LogP contribution in [0.3, 0.4) is 0 Å². The Bertz CT molecular complexity index is 640. The third kappa shape index (κ3) is 3.52. The van der Waals surface area contributed by atoms with Gasteiger partial charge in [-0.2, -0.15) is 0 Å². The first-order valence-corrected chi connectivity index (χ1v) is 7.32. The summed E-state index contributed by atoms with van der Waals surface area (Å²) in [5.74, 6) is 0.363. The number of anilines is 2. The topological polar surface area (TPSA) is 67.4 Å². The quantitative estimate of drug-likeness (QED) is 0.941. The number of carbonyl (C=O) groups excluding carboxylic acids is 1. The maximum absolute atomic E-state index is 12.3. The fourth-order valence-corrected chi connectivity index (χ4v) is 2.24. The first-order valence-electron chi connectivity index (χ1n) is 6.94. The molecule has 2 heterocycles. The lowest BCUT2D eigenvalue weighted by Gasteiger charge is -2.26. The van der Waals surface area contributed by atoms with Crippen molar-refractivity contribution in [3.63, 3.8) is 0 Å². The van der Waals surface area contributed by atoms with E-state index < -0.39 is 0 Å². The number of carbonyl (C=O) groups is 1.